The molecule has 0 bridgehead atoms. The average molecular weight is 282 g/mol. The minimum absolute atomic E-state index is 0.359. The van der Waals surface area contributed by atoms with Crippen LogP contribution in [-0.4, -0.2) is 11.9 Å². The van der Waals surface area contributed by atoms with Crippen molar-refractivity contribution in [3.8, 4) is 0 Å². The third-order valence-corrected chi connectivity index (χ3v) is 3.21. The lowest BCUT2D eigenvalue weighted by Gasteiger charge is -1.96. The summed E-state index contributed by atoms with van der Waals surface area (Å²) in [6.07, 6.45) is 3.83. The van der Waals surface area contributed by atoms with Gasteiger partial charge >= 0.3 is 11.9 Å². The van der Waals surface area contributed by atoms with E-state index in [0.29, 0.717) is 11.1 Å². The standard InChI is InChI=1S/C10H14.C8H4O3/c1-2-3-7-10-8-5-4-6-9-10;9-7-5-3-1-2-4-6(5)8(10)11-7/h4-6,8-9H,2-3,7H2,1H3;1-4H. The Kier molecular flexibility index (Phi) is 5.27. The molecule has 108 valence electrons. The van der Waals surface area contributed by atoms with Crippen LogP contribution in [-0.2, 0) is 11.2 Å². The van der Waals surface area contributed by atoms with Gasteiger partial charge in [-0.1, -0.05) is 55.8 Å². The van der Waals surface area contributed by atoms with Crippen molar-refractivity contribution in [1.82, 2.24) is 0 Å². The zero-order chi connectivity index (χ0) is 15.1. The molecule has 3 nitrogen and oxygen atoms in total. The average Bonchev–Trinajstić information content (AvgIpc) is 2.82. The minimum Gasteiger partial charge on any atom is -0.386 e. The Bertz CT molecular complexity index is 584. The lowest BCUT2D eigenvalue weighted by Crippen LogP contribution is -1.96. The first-order valence-corrected chi connectivity index (χ1v) is 7.12. The van der Waals surface area contributed by atoms with Crippen LogP contribution < -0.4 is 0 Å². The molecule has 0 unspecified atom stereocenters. The predicted octanol–water partition coefficient (Wildman–Crippen LogP) is 4.03. The summed E-state index contributed by atoms with van der Waals surface area (Å²) in [5, 5.41) is 0. The molecule has 0 spiro atoms. The number of cyclic esters (lactones) is 2. The molecule has 0 amide bonds. The van der Waals surface area contributed by atoms with E-state index in [1.807, 2.05) is 0 Å². The van der Waals surface area contributed by atoms with Gasteiger partial charge in [0.15, 0.2) is 0 Å². The summed E-state index contributed by atoms with van der Waals surface area (Å²) < 4.78 is 4.35. The van der Waals surface area contributed by atoms with Crippen molar-refractivity contribution in [2.24, 2.45) is 0 Å². The van der Waals surface area contributed by atoms with E-state index in [1.165, 1.54) is 24.8 Å². The molecule has 3 rings (SSSR count). The second-order valence-electron chi connectivity index (χ2n) is 4.81. The first kappa shape index (κ1) is 15.0. The van der Waals surface area contributed by atoms with Gasteiger partial charge in [0.2, 0.25) is 0 Å². The van der Waals surface area contributed by atoms with Crippen molar-refractivity contribution < 1.29 is 14.3 Å². The van der Waals surface area contributed by atoms with Gasteiger partial charge in [0.1, 0.15) is 0 Å². The van der Waals surface area contributed by atoms with E-state index in [9.17, 15) is 9.59 Å². The van der Waals surface area contributed by atoms with Gasteiger partial charge in [-0.15, -0.1) is 0 Å². The molecule has 1 aliphatic heterocycles. The fraction of sp³-hybridized carbons (Fsp3) is 0.222. The van der Waals surface area contributed by atoms with Crippen LogP contribution in [0.15, 0.2) is 54.6 Å². The monoisotopic (exact) mass is 282 g/mol. The topological polar surface area (TPSA) is 43.4 Å². The molecule has 2 aromatic carbocycles. The Morgan fingerprint density at radius 3 is 1.86 bits per heavy atom. The summed E-state index contributed by atoms with van der Waals surface area (Å²) >= 11 is 0. The van der Waals surface area contributed by atoms with Crippen molar-refractivity contribution >= 4 is 11.9 Å². The number of fused-ring (bicyclic) bond motifs is 1. The number of hydrogen-bond donors (Lipinski definition) is 0. The first-order chi connectivity index (χ1) is 10.2. The maximum Gasteiger partial charge on any atom is 0.346 e. The van der Waals surface area contributed by atoms with Crippen molar-refractivity contribution in [2.75, 3.05) is 0 Å². The summed E-state index contributed by atoms with van der Waals surface area (Å²) in [4.78, 5) is 21.7. The molecular weight excluding hydrogens is 264 g/mol. The molecule has 21 heavy (non-hydrogen) atoms. The van der Waals surface area contributed by atoms with Crippen molar-refractivity contribution in [1.29, 1.82) is 0 Å². The number of rotatable bonds is 3. The third-order valence-electron chi connectivity index (χ3n) is 3.21. The number of aryl methyl sites for hydroxylation is 1. The van der Waals surface area contributed by atoms with Gasteiger partial charge in [0.05, 0.1) is 11.1 Å². The Labute approximate surface area is 124 Å². The van der Waals surface area contributed by atoms with E-state index in [0.717, 1.165) is 0 Å². The van der Waals surface area contributed by atoms with E-state index in [1.54, 1.807) is 24.3 Å². The van der Waals surface area contributed by atoms with E-state index in [2.05, 4.69) is 42.0 Å². The molecule has 0 saturated heterocycles. The van der Waals surface area contributed by atoms with Crippen LogP contribution >= 0.6 is 0 Å². The normalized spacial score (nSPS) is 12.2. The number of benzene rings is 2. The summed E-state index contributed by atoms with van der Waals surface area (Å²) in [5.41, 5.74) is 2.18. The lowest BCUT2D eigenvalue weighted by molar-refractivity contribution is 0.0444. The SMILES string of the molecule is CCCCc1ccccc1.O=C1OC(=O)c2ccccc21. The van der Waals surface area contributed by atoms with Crippen LogP contribution in [0.3, 0.4) is 0 Å². The Morgan fingerprint density at radius 1 is 0.810 bits per heavy atom. The predicted molar refractivity (Wildman–Crippen MR) is 81.2 cm³/mol. The largest absolute Gasteiger partial charge is 0.386 e. The van der Waals surface area contributed by atoms with Gasteiger partial charge in [0, 0.05) is 0 Å². The minimum atomic E-state index is -0.550. The van der Waals surface area contributed by atoms with Gasteiger partial charge in [0.25, 0.3) is 0 Å². The van der Waals surface area contributed by atoms with Crippen LogP contribution in [0.25, 0.3) is 0 Å². The second-order valence-corrected chi connectivity index (χ2v) is 4.81. The number of esters is 2. The Morgan fingerprint density at radius 2 is 1.33 bits per heavy atom. The molecule has 1 heterocycles. The van der Waals surface area contributed by atoms with Crippen LogP contribution in [0, 0.1) is 0 Å². The van der Waals surface area contributed by atoms with E-state index >= 15 is 0 Å². The Balaban J connectivity index is 0.000000155. The number of ether oxygens (including phenoxy) is 1. The molecule has 0 aromatic heterocycles. The van der Waals surface area contributed by atoms with Crippen LogP contribution in [0.4, 0.5) is 0 Å². The Hall–Kier alpha value is -2.42. The van der Waals surface area contributed by atoms with Gasteiger partial charge in [-0.25, -0.2) is 9.59 Å². The molecule has 0 saturated carbocycles. The molecule has 2 aromatic rings. The molecule has 0 atom stereocenters. The molecule has 1 aliphatic rings. The molecular formula is C18H18O3. The zero-order valence-corrected chi connectivity index (χ0v) is 12.0. The summed E-state index contributed by atoms with van der Waals surface area (Å²) in [5.74, 6) is -1.10. The van der Waals surface area contributed by atoms with Crippen molar-refractivity contribution in [2.45, 2.75) is 26.2 Å². The number of unbranched alkanes of at least 4 members (excludes halogenated alkanes) is 1. The highest BCUT2D eigenvalue weighted by Crippen LogP contribution is 2.18. The highest BCUT2D eigenvalue weighted by molar-refractivity contribution is 6.14. The third kappa shape index (κ3) is 4.02. The second kappa shape index (κ2) is 7.39. The van der Waals surface area contributed by atoms with Crippen LogP contribution in [0.2, 0.25) is 0 Å². The van der Waals surface area contributed by atoms with Crippen LogP contribution in [0.1, 0.15) is 46.0 Å². The summed E-state index contributed by atoms with van der Waals surface area (Å²) in [6.45, 7) is 2.23. The van der Waals surface area contributed by atoms with Crippen molar-refractivity contribution in [3.63, 3.8) is 0 Å². The maximum absolute atomic E-state index is 10.8. The molecule has 0 fully saturated rings. The molecule has 3 heteroatoms. The van der Waals surface area contributed by atoms with Gasteiger partial charge in [-0.2, -0.15) is 0 Å². The van der Waals surface area contributed by atoms with Gasteiger partial charge in [-0.05, 0) is 30.5 Å². The van der Waals surface area contributed by atoms with E-state index < -0.39 is 11.9 Å². The highest BCUT2D eigenvalue weighted by atomic mass is 16.6. The fourth-order valence-corrected chi connectivity index (χ4v) is 2.06. The number of hydrogen-bond acceptors (Lipinski definition) is 3. The van der Waals surface area contributed by atoms with E-state index in [-0.39, 0.29) is 0 Å². The summed E-state index contributed by atoms with van der Waals surface area (Å²) in [6, 6.07) is 17.2. The number of carbonyl (C=O) groups is 2. The quantitative estimate of drug-likeness (QED) is 0.630. The van der Waals surface area contributed by atoms with Crippen molar-refractivity contribution in [3.05, 3.63) is 71.3 Å². The van der Waals surface area contributed by atoms with Crippen LogP contribution in [0.5, 0.6) is 0 Å². The smallest absolute Gasteiger partial charge is 0.346 e. The van der Waals surface area contributed by atoms with Gasteiger partial charge in [-0.3, -0.25) is 0 Å². The van der Waals surface area contributed by atoms with E-state index in [4.69, 9.17) is 0 Å². The molecule has 0 N–H and O–H groups in total. The van der Waals surface area contributed by atoms with Gasteiger partial charge < -0.3 is 4.74 Å². The fourth-order valence-electron chi connectivity index (χ4n) is 2.06. The first-order valence-electron chi connectivity index (χ1n) is 7.12. The summed E-state index contributed by atoms with van der Waals surface area (Å²) in [7, 11) is 0. The molecule has 0 radical (unpaired) electrons. The highest BCUT2D eigenvalue weighted by Gasteiger charge is 2.28. The zero-order valence-electron chi connectivity index (χ0n) is 12.0. The number of carbonyl (C=O) groups excluding carboxylic acids is 2. The lowest BCUT2D eigenvalue weighted by atomic mass is 10.1. The maximum atomic E-state index is 10.8. The molecule has 0 aliphatic carbocycles.